The third-order valence-corrected chi connectivity index (χ3v) is 3.46. The zero-order valence-electron chi connectivity index (χ0n) is 9.32. The Hall–Kier alpha value is -1.36. The van der Waals surface area contributed by atoms with E-state index in [1.807, 2.05) is 31.4 Å². The number of carbonyl (C=O) groups excluding carboxylic acids is 1. The molecule has 0 saturated heterocycles. The molecule has 0 aromatic carbocycles. The molecular weight excluding hydrogens is 226 g/mol. The minimum Gasteiger partial charge on any atom is -0.481 e. The molecule has 1 rings (SSSR count). The smallest absolute Gasteiger partial charge is 0.312 e. The lowest BCUT2D eigenvalue weighted by Crippen LogP contribution is -2.36. The van der Waals surface area contributed by atoms with E-state index in [1.54, 1.807) is 11.3 Å². The van der Waals surface area contributed by atoms with Crippen LogP contribution in [0.25, 0.3) is 0 Å². The number of thiophene rings is 1. The zero-order valence-corrected chi connectivity index (χ0v) is 10.1. The van der Waals surface area contributed by atoms with Gasteiger partial charge in [-0.25, -0.2) is 0 Å². The topological polar surface area (TPSA) is 66.4 Å². The second-order valence-electron chi connectivity index (χ2n) is 4.21. The van der Waals surface area contributed by atoms with Crippen molar-refractivity contribution in [2.24, 2.45) is 0 Å². The maximum atomic E-state index is 11.2. The molecule has 0 aliphatic carbocycles. The van der Waals surface area contributed by atoms with Crippen LogP contribution in [0.15, 0.2) is 17.5 Å². The van der Waals surface area contributed by atoms with Gasteiger partial charge in [-0.05, 0) is 11.4 Å². The maximum Gasteiger partial charge on any atom is 0.312 e. The number of carboxylic acid groups (broad SMARTS) is 1. The van der Waals surface area contributed by atoms with Crippen LogP contribution in [0.1, 0.15) is 25.1 Å². The third-order valence-electron chi connectivity index (χ3n) is 2.23. The van der Waals surface area contributed by atoms with Crippen molar-refractivity contribution in [3.63, 3.8) is 0 Å². The molecule has 0 aliphatic rings. The summed E-state index contributed by atoms with van der Waals surface area (Å²) >= 11 is 1.63. The summed E-state index contributed by atoms with van der Waals surface area (Å²) < 4.78 is 0. The fraction of sp³-hybridized carbons (Fsp3) is 0.455. The molecule has 0 radical (unpaired) electrons. The number of hydrogen-bond donors (Lipinski definition) is 2. The summed E-state index contributed by atoms with van der Waals surface area (Å²) in [5, 5.41) is 13.1. The van der Waals surface area contributed by atoms with Crippen molar-refractivity contribution in [3.8, 4) is 0 Å². The average molecular weight is 241 g/mol. The summed E-state index contributed by atoms with van der Waals surface area (Å²) in [4.78, 5) is 22.7. The normalized spacial score (nSPS) is 11.1. The number of carbonyl (C=O) groups is 2. The first-order chi connectivity index (χ1) is 7.42. The van der Waals surface area contributed by atoms with E-state index in [4.69, 9.17) is 5.11 Å². The van der Waals surface area contributed by atoms with Crippen LogP contribution in [0.2, 0.25) is 0 Å². The lowest BCUT2D eigenvalue weighted by atomic mass is 9.91. The Labute approximate surface area is 98.3 Å². The Kier molecular flexibility index (Phi) is 4.06. The highest BCUT2D eigenvalue weighted by atomic mass is 32.1. The molecule has 0 bridgehead atoms. The van der Waals surface area contributed by atoms with Gasteiger partial charge in [0.15, 0.2) is 0 Å². The summed E-state index contributed by atoms with van der Waals surface area (Å²) in [5.41, 5.74) is -0.164. The second-order valence-corrected chi connectivity index (χ2v) is 5.16. The van der Waals surface area contributed by atoms with Gasteiger partial charge in [0.05, 0.1) is 0 Å². The van der Waals surface area contributed by atoms with Crippen molar-refractivity contribution in [1.29, 1.82) is 0 Å². The van der Waals surface area contributed by atoms with Crippen LogP contribution in [-0.4, -0.2) is 23.5 Å². The molecule has 1 aromatic heterocycles. The Morgan fingerprint density at radius 3 is 2.69 bits per heavy atom. The van der Waals surface area contributed by atoms with Gasteiger partial charge in [0, 0.05) is 16.8 Å². The molecule has 4 nitrogen and oxygen atoms in total. The average Bonchev–Trinajstić information content (AvgIpc) is 2.67. The molecule has 2 N–H and O–H groups in total. The van der Waals surface area contributed by atoms with Gasteiger partial charge < -0.3 is 10.4 Å². The number of rotatable bonds is 5. The van der Waals surface area contributed by atoms with Gasteiger partial charge in [0.25, 0.3) is 0 Å². The number of aliphatic carboxylic acids is 1. The fourth-order valence-corrected chi connectivity index (χ4v) is 2.12. The maximum absolute atomic E-state index is 11.2. The van der Waals surface area contributed by atoms with Crippen molar-refractivity contribution < 1.29 is 14.7 Å². The van der Waals surface area contributed by atoms with Crippen LogP contribution in [0, 0.1) is 0 Å². The Bertz CT molecular complexity index is 371. The van der Waals surface area contributed by atoms with Crippen LogP contribution in [0.4, 0.5) is 0 Å². The standard InChI is InChI=1S/C11H15NO3S/c1-11(2,8-4-3-5-16-8)7-12-9(13)6-10(14)15/h3-5H,6-7H2,1-2H3,(H,12,13)(H,14,15). The van der Waals surface area contributed by atoms with Crippen molar-refractivity contribution >= 4 is 23.2 Å². The molecule has 1 amide bonds. The molecule has 0 atom stereocenters. The molecule has 1 aromatic rings. The number of carboxylic acids is 1. The van der Waals surface area contributed by atoms with E-state index >= 15 is 0 Å². The molecule has 0 fully saturated rings. The molecule has 0 aliphatic heterocycles. The largest absolute Gasteiger partial charge is 0.481 e. The van der Waals surface area contributed by atoms with E-state index < -0.39 is 18.3 Å². The van der Waals surface area contributed by atoms with E-state index in [9.17, 15) is 9.59 Å². The van der Waals surface area contributed by atoms with Gasteiger partial charge in [-0.3, -0.25) is 9.59 Å². The van der Waals surface area contributed by atoms with Gasteiger partial charge in [0.1, 0.15) is 6.42 Å². The first-order valence-electron chi connectivity index (χ1n) is 4.94. The summed E-state index contributed by atoms with van der Waals surface area (Å²) in [6, 6.07) is 3.97. The van der Waals surface area contributed by atoms with Gasteiger partial charge in [-0.1, -0.05) is 19.9 Å². The molecule has 1 heterocycles. The van der Waals surface area contributed by atoms with Crippen LogP contribution in [0.5, 0.6) is 0 Å². The highest BCUT2D eigenvalue weighted by Crippen LogP contribution is 2.26. The molecule has 0 saturated carbocycles. The van der Waals surface area contributed by atoms with Gasteiger partial charge in [-0.2, -0.15) is 0 Å². The zero-order chi connectivity index (χ0) is 12.2. The molecule has 16 heavy (non-hydrogen) atoms. The van der Waals surface area contributed by atoms with Crippen LogP contribution < -0.4 is 5.32 Å². The highest BCUT2D eigenvalue weighted by Gasteiger charge is 2.22. The predicted octanol–water partition coefficient (Wildman–Crippen LogP) is 1.62. The van der Waals surface area contributed by atoms with Gasteiger partial charge >= 0.3 is 5.97 Å². The first kappa shape index (κ1) is 12.7. The van der Waals surface area contributed by atoms with E-state index in [1.165, 1.54) is 4.88 Å². The second kappa shape index (κ2) is 5.12. The number of amides is 1. The first-order valence-corrected chi connectivity index (χ1v) is 5.82. The molecular formula is C11H15NO3S. The monoisotopic (exact) mass is 241 g/mol. The minimum absolute atomic E-state index is 0.164. The van der Waals surface area contributed by atoms with Crippen LogP contribution in [-0.2, 0) is 15.0 Å². The molecule has 0 unspecified atom stereocenters. The highest BCUT2D eigenvalue weighted by molar-refractivity contribution is 7.10. The Balaban J connectivity index is 2.48. The van der Waals surface area contributed by atoms with E-state index in [0.29, 0.717) is 6.54 Å². The van der Waals surface area contributed by atoms with Crippen molar-refractivity contribution in [3.05, 3.63) is 22.4 Å². The Morgan fingerprint density at radius 1 is 1.50 bits per heavy atom. The van der Waals surface area contributed by atoms with Crippen molar-refractivity contribution in [2.75, 3.05) is 6.54 Å². The quantitative estimate of drug-likeness (QED) is 0.770. The van der Waals surface area contributed by atoms with E-state index in [0.717, 1.165) is 0 Å². The molecule has 0 spiro atoms. The van der Waals surface area contributed by atoms with Crippen molar-refractivity contribution in [1.82, 2.24) is 5.32 Å². The SMILES string of the molecule is CC(C)(CNC(=O)CC(=O)O)c1cccs1. The third kappa shape index (κ3) is 3.66. The van der Waals surface area contributed by atoms with E-state index in [-0.39, 0.29) is 5.41 Å². The molecule has 5 heteroatoms. The number of hydrogen-bond acceptors (Lipinski definition) is 3. The summed E-state index contributed by atoms with van der Waals surface area (Å²) in [7, 11) is 0. The lowest BCUT2D eigenvalue weighted by Gasteiger charge is -2.23. The Morgan fingerprint density at radius 2 is 2.19 bits per heavy atom. The number of nitrogens with one attached hydrogen (secondary N) is 1. The summed E-state index contributed by atoms with van der Waals surface area (Å²) in [6.45, 7) is 4.47. The predicted molar refractivity (Wildman–Crippen MR) is 62.6 cm³/mol. The summed E-state index contributed by atoms with van der Waals surface area (Å²) in [5.74, 6) is -1.55. The van der Waals surface area contributed by atoms with Crippen LogP contribution >= 0.6 is 11.3 Å². The van der Waals surface area contributed by atoms with Gasteiger partial charge in [0.2, 0.25) is 5.91 Å². The summed E-state index contributed by atoms with van der Waals surface area (Å²) in [6.07, 6.45) is -0.472. The minimum atomic E-state index is -1.11. The van der Waals surface area contributed by atoms with Crippen molar-refractivity contribution in [2.45, 2.75) is 25.7 Å². The van der Waals surface area contributed by atoms with E-state index in [2.05, 4.69) is 5.32 Å². The molecule has 88 valence electrons. The fourth-order valence-electron chi connectivity index (χ4n) is 1.27. The van der Waals surface area contributed by atoms with Crippen LogP contribution in [0.3, 0.4) is 0 Å². The lowest BCUT2D eigenvalue weighted by molar-refractivity contribution is -0.140. The van der Waals surface area contributed by atoms with Gasteiger partial charge in [-0.15, -0.1) is 11.3 Å².